The van der Waals surface area contributed by atoms with E-state index >= 15 is 0 Å². The van der Waals surface area contributed by atoms with Gasteiger partial charge >= 0.3 is 29.6 Å². The first-order chi connectivity index (χ1) is 16.5. The molecule has 0 fully saturated rings. The number of rotatable bonds is 16. The van der Waals surface area contributed by atoms with Gasteiger partial charge in [-0.15, -0.1) is 0 Å². The number of unbranched alkanes of at least 4 members (excludes halogenated alkanes) is 11. The molecule has 1 atom stereocenters. The summed E-state index contributed by atoms with van der Waals surface area (Å²) in [4.78, 5) is 2.12. The van der Waals surface area contributed by atoms with Crippen LogP contribution in [-0.4, -0.2) is 19.1 Å². The van der Waals surface area contributed by atoms with Crippen molar-refractivity contribution in [2.24, 2.45) is 0 Å². The smallest absolute Gasteiger partial charge is 0.744 e. The Kier molecular flexibility index (Phi) is 13.7. The molecule has 7 heteroatoms. The van der Waals surface area contributed by atoms with E-state index in [1.807, 2.05) is 18.2 Å². The van der Waals surface area contributed by atoms with Crippen LogP contribution in [0.25, 0.3) is 0 Å². The van der Waals surface area contributed by atoms with Gasteiger partial charge < -0.3 is 14.8 Å². The van der Waals surface area contributed by atoms with Gasteiger partial charge in [0.1, 0.15) is 10.1 Å². The molecule has 0 radical (unpaired) electrons. The Morgan fingerprint density at radius 1 is 0.829 bits per heavy atom. The molecule has 0 spiro atoms. The molecule has 0 aliphatic carbocycles. The number of hydrogen-bond acceptors (Lipinski definition) is 5. The molecule has 0 aromatic heterocycles. The Labute approximate surface area is 235 Å². The minimum absolute atomic E-state index is 0. The molecule has 1 aliphatic heterocycles. The molecule has 35 heavy (non-hydrogen) atoms. The molecular weight excluding hydrogens is 467 g/mol. The van der Waals surface area contributed by atoms with Gasteiger partial charge in [-0.3, -0.25) is 0 Å². The van der Waals surface area contributed by atoms with Crippen molar-refractivity contribution in [2.45, 2.75) is 108 Å². The van der Waals surface area contributed by atoms with Crippen molar-refractivity contribution >= 4 is 21.5 Å². The third-order valence-electron chi connectivity index (χ3n) is 6.79. The summed E-state index contributed by atoms with van der Waals surface area (Å²) in [5.74, 6) is 0. The SMILES string of the molecule is CCCCCCCCCCCCCCC1Nc2cc(S(=O)(=O)[O-])ccc2N1Cc1ccccc1.[Na+]. The summed E-state index contributed by atoms with van der Waals surface area (Å²) >= 11 is 0. The largest absolute Gasteiger partial charge is 1.00 e. The second-order valence-corrected chi connectivity index (χ2v) is 11.0. The zero-order valence-corrected chi connectivity index (χ0v) is 24.5. The number of nitrogens with zero attached hydrogens (tertiary/aromatic N) is 1. The van der Waals surface area contributed by atoms with Crippen molar-refractivity contribution in [3.8, 4) is 0 Å². The number of fused-ring (bicyclic) bond motifs is 1. The van der Waals surface area contributed by atoms with Crippen molar-refractivity contribution < 1.29 is 42.5 Å². The zero-order chi connectivity index (χ0) is 24.2. The molecule has 0 saturated heterocycles. The van der Waals surface area contributed by atoms with Crippen LogP contribution < -0.4 is 39.8 Å². The molecule has 1 N–H and O–H groups in total. The van der Waals surface area contributed by atoms with Crippen LogP contribution in [0.4, 0.5) is 11.4 Å². The summed E-state index contributed by atoms with van der Waals surface area (Å²) in [7, 11) is -4.47. The predicted octanol–water partition coefficient (Wildman–Crippen LogP) is 4.44. The van der Waals surface area contributed by atoms with Crippen molar-refractivity contribution in [1.82, 2.24) is 0 Å². The predicted molar refractivity (Wildman–Crippen MR) is 140 cm³/mol. The second kappa shape index (κ2) is 15.9. The summed E-state index contributed by atoms with van der Waals surface area (Å²) in [6, 6.07) is 15.0. The zero-order valence-electron chi connectivity index (χ0n) is 21.7. The monoisotopic (exact) mass is 508 g/mol. The molecule has 1 aliphatic rings. The van der Waals surface area contributed by atoms with Gasteiger partial charge in [0.25, 0.3) is 0 Å². The average molecular weight is 509 g/mol. The van der Waals surface area contributed by atoms with Crippen molar-refractivity contribution in [3.63, 3.8) is 0 Å². The van der Waals surface area contributed by atoms with Gasteiger partial charge in [-0.2, -0.15) is 0 Å². The van der Waals surface area contributed by atoms with E-state index in [2.05, 4.69) is 29.3 Å². The van der Waals surface area contributed by atoms with Gasteiger partial charge in [-0.1, -0.05) is 108 Å². The van der Waals surface area contributed by atoms with Crippen LogP contribution in [0.1, 0.15) is 96.0 Å². The van der Waals surface area contributed by atoms with Gasteiger partial charge in [-0.05, 0) is 36.6 Å². The third kappa shape index (κ3) is 10.1. The molecule has 1 heterocycles. The molecule has 1 unspecified atom stereocenters. The van der Waals surface area contributed by atoms with Crippen LogP contribution in [0.15, 0.2) is 53.4 Å². The van der Waals surface area contributed by atoms with Gasteiger partial charge in [0, 0.05) is 6.54 Å². The molecule has 2 aromatic rings. The van der Waals surface area contributed by atoms with E-state index in [1.54, 1.807) is 6.07 Å². The van der Waals surface area contributed by atoms with E-state index in [0.717, 1.165) is 30.8 Å². The van der Waals surface area contributed by atoms with Crippen LogP contribution in [0.2, 0.25) is 0 Å². The van der Waals surface area contributed by atoms with E-state index in [0.29, 0.717) is 0 Å². The summed E-state index contributed by atoms with van der Waals surface area (Å²) in [5, 5.41) is 3.48. The summed E-state index contributed by atoms with van der Waals surface area (Å²) < 4.78 is 34.5. The average Bonchev–Trinajstić information content (AvgIpc) is 3.16. The van der Waals surface area contributed by atoms with Gasteiger partial charge in [0.15, 0.2) is 0 Å². The number of hydrogen-bond donors (Lipinski definition) is 1. The molecule has 0 saturated carbocycles. The van der Waals surface area contributed by atoms with Crippen molar-refractivity contribution in [2.75, 3.05) is 10.2 Å². The maximum atomic E-state index is 11.5. The van der Waals surface area contributed by atoms with Crippen LogP contribution >= 0.6 is 0 Å². The fourth-order valence-electron chi connectivity index (χ4n) is 4.84. The van der Waals surface area contributed by atoms with E-state index in [1.165, 1.54) is 88.3 Å². The molecular formula is C28H41N2NaO3S. The maximum absolute atomic E-state index is 11.5. The minimum Gasteiger partial charge on any atom is -0.744 e. The van der Waals surface area contributed by atoms with E-state index < -0.39 is 10.1 Å². The van der Waals surface area contributed by atoms with Crippen molar-refractivity contribution in [3.05, 3.63) is 54.1 Å². The van der Waals surface area contributed by atoms with Crippen LogP contribution in [0.3, 0.4) is 0 Å². The Balaban J connectivity index is 0.00000432. The van der Waals surface area contributed by atoms with E-state index in [4.69, 9.17) is 0 Å². The van der Waals surface area contributed by atoms with Crippen LogP contribution in [0, 0.1) is 0 Å². The first-order valence-electron chi connectivity index (χ1n) is 13.2. The van der Waals surface area contributed by atoms with E-state index in [9.17, 15) is 13.0 Å². The number of benzene rings is 2. The van der Waals surface area contributed by atoms with E-state index in [-0.39, 0.29) is 40.6 Å². The third-order valence-corrected chi connectivity index (χ3v) is 7.62. The summed E-state index contributed by atoms with van der Waals surface area (Å²) in [5.41, 5.74) is 2.90. The standard InChI is InChI=1S/C28H42N2O3S.Na/c1-2-3-4-5-6-7-8-9-10-11-12-16-19-28-29-26-22-25(34(31,32)33)20-21-27(26)30(28)23-24-17-14-13-15-18-24;/h13-15,17-18,20-22,28-29H,2-12,16,19,23H2,1H3,(H,31,32,33);/q;+1/p-1. The molecule has 0 amide bonds. The Morgan fingerprint density at radius 3 is 1.97 bits per heavy atom. The topological polar surface area (TPSA) is 72.5 Å². The van der Waals surface area contributed by atoms with Gasteiger partial charge in [0.05, 0.1) is 22.4 Å². The first-order valence-corrected chi connectivity index (χ1v) is 14.6. The Bertz CT molecular complexity index is 969. The van der Waals surface area contributed by atoms with Crippen molar-refractivity contribution in [1.29, 1.82) is 0 Å². The Morgan fingerprint density at radius 2 is 1.40 bits per heavy atom. The van der Waals surface area contributed by atoms with Crippen LogP contribution in [-0.2, 0) is 16.7 Å². The molecule has 5 nitrogen and oxygen atoms in total. The fraction of sp³-hybridized carbons (Fsp3) is 0.571. The fourth-order valence-corrected chi connectivity index (χ4v) is 5.34. The molecule has 0 bridgehead atoms. The molecule has 3 rings (SSSR count). The van der Waals surface area contributed by atoms with Gasteiger partial charge in [-0.25, -0.2) is 8.42 Å². The first kappa shape index (κ1) is 30.2. The summed E-state index contributed by atoms with van der Waals surface area (Å²) in [6.07, 6.45) is 17.0. The minimum atomic E-state index is -4.47. The van der Waals surface area contributed by atoms with Crippen LogP contribution in [0.5, 0.6) is 0 Å². The molecule has 188 valence electrons. The number of nitrogens with one attached hydrogen (secondary N) is 1. The van der Waals surface area contributed by atoms with Gasteiger partial charge in [0.2, 0.25) is 0 Å². The Hall–Kier alpha value is -1.05. The number of anilines is 2. The normalized spacial score (nSPS) is 14.9. The second-order valence-electron chi connectivity index (χ2n) is 9.58. The molecule has 2 aromatic carbocycles. The summed E-state index contributed by atoms with van der Waals surface area (Å²) in [6.45, 7) is 3.01. The maximum Gasteiger partial charge on any atom is 1.00 e. The quantitative estimate of drug-likeness (QED) is 0.206.